The fourth-order valence-electron chi connectivity index (χ4n) is 1.33. The van der Waals surface area contributed by atoms with Crippen LogP contribution in [0.25, 0.3) is 0 Å². The third-order valence-electron chi connectivity index (χ3n) is 2.51. The predicted octanol–water partition coefficient (Wildman–Crippen LogP) is 2.82. The quantitative estimate of drug-likeness (QED) is 0.400. The van der Waals surface area contributed by atoms with E-state index >= 15 is 0 Å². The fourth-order valence-corrected chi connectivity index (χ4v) is 1.33. The van der Waals surface area contributed by atoms with Gasteiger partial charge in [0.25, 0.3) is 0 Å². The van der Waals surface area contributed by atoms with Gasteiger partial charge in [-0.05, 0) is 50.0 Å². The second-order valence-electron chi connectivity index (χ2n) is 4.26. The van der Waals surface area contributed by atoms with E-state index in [2.05, 4.69) is 30.3 Å². The number of unbranched alkanes of at least 4 members (excludes halogenated alkanes) is 4. The first-order valence-electron chi connectivity index (χ1n) is 6.85. The molecule has 0 radical (unpaired) electrons. The van der Waals surface area contributed by atoms with Gasteiger partial charge in [-0.15, -0.1) is 6.58 Å². The van der Waals surface area contributed by atoms with Gasteiger partial charge in [0.1, 0.15) is 12.2 Å². The molecule has 0 amide bonds. The Balaban J connectivity index is 3.78. The Labute approximate surface area is 117 Å². The van der Waals surface area contributed by atoms with Gasteiger partial charge in [0.2, 0.25) is 0 Å². The van der Waals surface area contributed by atoms with E-state index in [0.717, 1.165) is 19.3 Å². The van der Waals surface area contributed by atoms with Gasteiger partial charge in [-0.2, -0.15) is 0 Å². The van der Waals surface area contributed by atoms with E-state index in [1.807, 2.05) is 19.1 Å². The highest BCUT2D eigenvalue weighted by atomic mass is 16.3. The van der Waals surface area contributed by atoms with Crippen LogP contribution in [-0.2, 0) is 0 Å². The molecule has 2 atom stereocenters. The van der Waals surface area contributed by atoms with E-state index in [9.17, 15) is 5.11 Å². The predicted molar refractivity (Wildman–Crippen MR) is 80.3 cm³/mol. The summed E-state index contributed by atoms with van der Waals surface area (Å²) in [5, 5.41) is 18.7. The van der Waals surface area contributed by atoms with Gasteiger partial charge in [0.05, 0.1) is 0 Å². The van der Waals surface area contributed by atoms with Crippen molar-refractivity contribution in [2.75, 3.05) is 0 Å². The summed E-state index contributed by atoms with van der Waals surface area (Å²) in [5.41, 5.74) is 0. The first kappa shape index (κ1) is 17.5. The van der Waals surface area contributed by atoms with Gasteiger partial charge in [0.15, 0.2) is 0 Å². The summed E-state index contributed by atoms with van der Waals surface area (Å²) in [4.78, 5) is 0. The SMILES string of the molecule is C=CCCCCCC=CC(O)C#CC#CC(O)CC. The highest BCUT2D eigenvalue weighted by Gasteiger charge is 1.91. The molecule has 19 heavy (non-hydrogen) atoms. The summed E-state index contributed by atoms with van der Waals surface area (Å²) >= 11 is 0. The molecule has 0 aromatic heterocycles. The molecular formula is C17H24O2. The third-order valence-corrected chi connectivity index (χ3v) is 2.51. The van der Waals surface area contributed by atoms with Crippen LogP contribution in [-0.4, -0.2) is 22.4 Å². The van der Waals surface area contributed by atoms with Crippen molar-refractivity contribution in [3.8, 4) is 23.7 Å². The molecule has 0 aliphatic heterocycles. The van der Waals surface area contributed by atoms with Crippen molar-refractivity contribution in [3.05, 3.63) is 24.8 Å². The largest absolute Gasteiger partial charge is 0.380 e. The minimum absolute atomic E-state index is 0.586. The lowest BCUT2D eigenvalue weighted by Crippen LogP contribution is -1.99. The van der Waals surface area contributed by atoms with Crippen molar-refractivity contribution < 1.29 is 10.2 Å². The van der Waals surface area contributed by atoms with Crippen molar-refractivity contribution in [3.63, 3.8) is 0 Å². The molecular weight excluding hydrogens is 236 g/mol. The van der Waals surface area contributed by atoms with E-state index in [1.165, 1.54) is 12.8 Å². The summed E-state index contributed by atoms with van der Waals surface area (Å²) in [7, 11) is 0. The molecule has 0 aliphatic rings. The van der Waals surface area contributed by atoms with Crippen molar-refractivity contribution in [1.29, 1.82) is 0 Å². The Morgan fingerprint density at radius 1 is 1.05 bits per heavy atom. The lowest BCUT2D eigenvalue weighted by atomic mass is 10.1. The number of rotatable bonds is 8. The zero-order valence-electron chi connectivity index (χ0n) is 11.7. The van der Waals surface area contributed by atoms with Crippen molar-refractivity contribution in [2.45, 2.75) is 57.7 Å². The van der Waals surface area contributed by atoms with Crippen LogP contribution in [0.4, 0.5) is 0 Å². The standard InChI is InChI=1S/C17H24O2/c1-3-5-6-7-8-9-10-14-17(19)15-12-11-13-16(18)4-2/h3,10,14,16-19H,1,4-9H2,2H3. The Morgan fingerprint density at radius 2 is 1.74 bits per heavy atom. The lowest BCUT2D eigenvalue weighted by Gasteiger charge is -1.96. The fraction of sp³-hybridized carbons (Fsp3) is 0.529. The van der Waals surface area contributed by atoms with Crippen LogP contribution in [0.3, 0.4) is 0 Å². The summed E-state index contributed by atoms with van der Waals surface area (Å²) in [6, 6.07) is 0. The molecule has 0 saturated carbocycles. The first-order chi connectivity index (χ1) is 9.20. The van der Waals surface area contributed by atoms with Crippen LogP contribution >= 0.6 is 0 Å². The van der Waals surface area contributed by atoms with E-state index in [4.69, 9.17) is 5.11 Å². The molecule has 2 N–H and O–H groups in total. The molecule has 0 aromatic rings. The van der Waals surface area contributed by atoms with Gasteiger partial charge >= 0.3 is 0 Å². The van der Waals surface area contributed by atoms with Crippen molar-refractivity contribution in [1.82, 2.24) is 0 Å². The topological polar surface area (TPSA) is 40.5 Å². The minimum atomic E-state index is -0.777. The summed E-state index contributed by atoms with van der Waals surface area (Å²) in [6.45, 7) is 5.53. The Bertz CT molecular complexity index is 374. The van der Waals surface area contributed by atoms with E-state index in [0.29, 0.717) is 6.42 Å². The van der Waals surface area contributed by atoms with Crippen LogP contribution in [0.1, 0.15) is 45.4 Å². The zero-order valence-corrected chi connectivity index (χ0v) is 11.7. The smallest absolute Gasteiger partial charge is 0.134 e. The molecule has 0 heterocycles. The number of hydrogen-bond donors (Lipinski definition) is 2. The monoisotopic (exact) mass is 260 g/mol. The highest BCUT2D eigenvalue weighted by Crippen LogP contribution is 2.04. The second kappa shape index (κ2) is 13.0. The third kappa shape index (κ3) is 12.8. The maximum atomic E-state index is 9.51. The summed E-state index contributed by atoms with van der Waals surface area (Å²) < 4.78 is 0. The van der Waals surface area contributed by atoms with Crippen LogP contribution in [0.15, 0.2) is 24.8 Å². The number of hydrogen-bond acceptors (Lipinski definition) is 2. The Kier molecular flexibility index (Phi) is 12.0. The second-order valence-corrected chi connectivity index (χ2v) is 4.26. The van der Waals surface area contributed by atoms with E-state index in [-0.39, 0.29) is 0 Å². The average molecular weight is 260 g/mol. The Morgan fingerprint density at radius 3 is 2.42 bits per heavy atom. The molecule has 0 aromatic carbocycles. The van der Waals surface area contributed by atoms with E-state index in [1.54, 1.807) is 6.08 Å². The highest BCUT2D eigenvalue weighted by molar-refractivity contribution is 5.29. The number of aliphatic hydroxyl groups excluding tert-OH is 2. The van der Waals surface area contributed by atoms with Crippen LogP contribution in [0, 0.1) is 23.7 Å². The molecule has 2 nitrogen and oxygen atoms in total. The van der Waals surface area contributed by atoms with Gasteiger partial charge in [-0.25, -0.2) is 0 Å². The molecule has 2 unspecified atom stereocenters. The number of allylic oxidation sites excluding steroid dienone is 2. The molecule has 0 rings (SSSR count). The maximum Gasteiger partial charge on any atom is 0.134 e. The van der Waals surface area contributed by atoms with Crippen molar-refractivity contribution >= 4 is 0 Å². The summed E-state index contributed by atoms with van der Waals surface area (Å²) in [5.74, 6) is 10.2. The van der Waals surface area contributed by atoms with E-state index < -0.39 is 12.2 Å². The van der Waals surface area contributed by atoms with Crippen molar-refractivity contribution in [2.24, 2.45) is 0 Å². The molecule has 2 heteroatoms. The minimum Gasteiger partial charge on any atom is -0.380 e. The maximum absolute atomic E-state index is 9.51. The molecule has 0 fully saturated rings. The number of aliphatic hydroxyl groups is 2. The van der Waals surface area contributed by atoms with Crippen LogP contribution < -0.4 is 0 Å². The molecule has 104 valence electrons. The normalized spacial score (nSPS) is 13.0. The average Bonchev–Trinajstić information content (AvgIpc) is 2.42. The van der Waals surface area contributed by atoms with Crippen LogP contribution in [0.2, 0.25) is 0 Å². The van der Waals surface area contributed by atoms with Gasteiger partial charge in [0, 0.05) is 0 Å². The summed E-state index contributed by atoms with van der Waals surface area (Å²) in [6.07, 6.45) is 10.2. The molecule has 0 spiro atoms. The van der Waals surface area contributed by atoms with Crippen LogP contribution in [0.5, 0.6) is 0 Å². The molecule has 0 aliphatic carbocycles. The van der Waals surface area contributed by atoms with Gasteiger partial charge in [-0.1, -0.05) is 37.3 Å². The first-order valence-corrected chi connectivity index (χ1v) is 6.85. The van der Waals surface area contributed by atoms with Gasteiger partial charge in [-0.3, -0.25) is 0 Å². The molecule has 0 bridgehead atoms. The van der Waals surface area contributed by atoms with Gasteiger partial charge < -0.3 is 10.2 Å². The zero-order chi connectivity index (χ0) is 14.3. The Hall–Kier alpha value is -1.48. The molecule has 0 saturated heterocycles. The lowest BCUT2D eigenvalue weighted by molar-refractivity contribution is 0.228.